The maximum Gasteiger partial charge on any atom is 0.181 e. The van der Waals surface area contributed by atoms with Crippen molar-refractivity contribution in [2.75, 3.05) is 0 Å². The number of halogens is 1. The Bertz CT molecular complexity index is 1510. The molecule has 0 saturated carbocycles. The molecule has 7 heteroatoms. The van der Waals surface area contributed by atoms with E-state index in [0.29, 0.717) is 5.65 Å². The van der Waals surface area contributed by atoms with E-state index in [1.807, 2.05) is 42.6 Å². The van der Waals surface area contributed by atoms with Crippen LogP contribution < -0.4 is 0 Å². The molecule has 6 aromatic rings. The van der Waals surface area contributed by atoms with E-state index in [9.17, 15) is 4.39 Å². The monoisotopic (exact) mass is 411 g/mol. The van der Waals surface area contributed by atoms with E-state index in [0.717, 1.165) is 60.6 Å². The summed E-state index contributed by atoms with van der Waals surface area (Å²) < 4.78 is 13.6. The SMILES string of the molecule is Fc1ccc(-c2cccc3[nH]c(-c4[nH]nc5ncc(-c6cccnc6)cc45)cc23)s1. The number of pyridine rings is 2. The van der Waals surface area contributed by atoms with Crippen molar-refractivity contribution in [1.29, 1.82) is 0 Å². The fraction of sp³-hybridized carbons (Fsp3) is 0. The molecule has 0 radical (unpaired) electrons. The maximum absolute atomic E-state index is 13.6. The smallest absolute Gasteiger partial charge is 0.181 e. The zero-order chi connectivity index (χ0) is 20.1. The van der Waals surface area contributed by atoms with Crippen LogP contribution >= 0.6 is 11.3 Å². The van der Waals surface area contributed by atoms with Gasteiger partial charge in [-0.1, -0.05) is 18.2 Å². The fourth-order valence-electron chi connectivity index (χ4n) is 3.76. The summed E-state index contributed by atoms with van der Waals surface area (Å²) in [6.07, 6.45) is 5.37. The van der Waals surface area contributed by atoms with Gasteiger partial charge in [-0.15, -0.1) is 11.3 Å². The molecular weight excluding hydrogens is 397 g/mol. The summed E-state index contributed by atoms with van der Waals surface area (Å²) in [4.78, 5) is 13.1. The second kappa shape index (κ2) is 6.60. The molecule has 0 atom stereocenters. The lowest BCUT2D eigenvalue weighted by Gasteiger charge is -2.01. The highest BCUT2D eigenvalue weighted by Gasteiger charge is 2.15. The molecule has 0 unspecified atom stereocenters. The van der Waals surface area contributed by atoms with Gasteiger partial charge in [-0.3, -0.25) is 10.1 Å². The van der Waals surface area contributed by atoms with Crippen LogP contribution in [-0.2, 0) is 0 Å². The summed E-state index contributed by atoms with van der Waals surface area (Å²) in [5, 5.41) is 9.25. The summed E-state index contributed by atoms with van der Waals surface area (Å²) in [5.41, 5.74) is 6.38. The first-order valence-electron chi connectivity index (χ1n) is 9.38. The average molecular weight is 411 g/mol. The highest BCUT2D eigenvalue weighted by atomic mass is 32.1. The van der Waals surface area contributed by atoms with Crippen LogP contribution in [0.1, 0.15) is 0 Å². The van der Waals surface area contributed by atoms with Crippen molar-refractivity contribution in [3.05, 3.63) is 78.3 Å². The number of rotatable bonds is 3. The van der Waals surface area contributed by atoms with Gasteiger partial charge in [0, 0.05) is 56.4 Å². The lowest BCUT2D eigenvalue weighted by atomic mass is 10.1. The number of aromatic amines is 2. The summed E-state index contributed by atoms with van der Waals surface area (Å²) in [5.74, 6) is 0. The topological polar surface area (TPSA) is 70.2 Å². The van der Waals surface area contributed by atoms with Crippen molar-refractivity contribution >= 4 is 33.3 Å². The number of hydrogen-bond acceptors (Lipinski definition) is 4. The average Bonchev–Trinajstić information content (AvgIpc) is 3.51. The largest absolute Gasteiger partial charge is 0.353 e. The zero-order valence-electron chi connectivity index (χ0n) is 15.6. The van der Waals surface area contributed by atoms with Gasteiger partial charge in [-0.2, -0.15) is 9.49 Å². The van der Waals surface area contributed by atoms with Gasteiger partial charge < -0.3 is 4.98 Å². The van der Waals surface area contributed by atoms with Crippen LogP contribution in [0.25, 0.3) is 54.9 Å². The van der Waals surface area contributed by atoms with Crippen LogP contribution in [0.4, 0.5) is 4.39 Å². The van der Waals surface area contributed by atoms with Gasteiger partial charge in [-0.05, 0) is 36.4 Å². The minimum Gasteiger partial charge on any atom is -0.353 e. The van der Waals surface area contributed by atoms with E-state index >= 15 is 0 Å². The Balaban J connectivity index is 1.52. The molecule has 144 valence electrons. The van der Waals surface area contributed by atoms with Crippen molar-refractivity contribution < 1.29 is 4.39 Å². The number of fused-ring (bicyclic) bond motifs is 2. The van der Waals surface area contributed by atoms with Crippen LogP contribution in [0.3, 0.4) is 0 Å². The van der Waals surface area contributed by atoms with E-state index in [4.69, 9.17) is 0 Å². The molecule has 0 bridgehead atoms. The summed E-state index contributed by atoms with van der Waals surface area (Å²) in [6.45, 7) is 0. The number of aromatic nitrogens is 5. The van der Waals surface area contributed by atoms with E-state index < -0.39 is 0 Å². The molecule has 1 aromatic carbocycles. The van der Waals surface area contributed by atoms with Crippen molar-refractivity contribution in [3.8, 4) is 33.0 Å². The third kappa shape index (κ3) is 2.71. The van der Waals surface area contributed by atoms with E-state index in [2.05, 4.69) is 37.3 Å². The second-order valence-corrected chi connectivity index (χ2v) is 8.02. The van der Waals surface area contributed by atoms with Crippen molar-refractivity contribution in [2.45, 2.75) is 0 Å². The molecule has 0 aliphatic carbocycles. The van der Waals surface area contributed by atoms with Crippen LogP contribution in [-0.4, -0.2) is 25.1 Å². The van der Waals surface area contributed by atoms with Crippen molar-refractivity contribution in [1.82, 2.24) is 25.1 Å². The van der Waals surface area contributed by atoms with Crippen LogP contribution in [0.5, 0.6) is 0 Å². The Hall–Kier alpha value is -3.84. The van der Waals surface area contributed by atoms with Crippen LogP contribution in [0, 0.1) is 5.13 Å². The molecule has 5 nitrogen and oxygen atoms in total. The molecule has 5 heterocycles. The van der Waals surface area contributed by atoms with Crippen molar-refractivity contribution in [3.63, 3.8) is 0 Å². The first kappa shape index (κ1) is 17.1. The van der Waals surface area contributed by atoms with Gasteiger partial charge in [0.2, 0.25) is 0 Å². The molecule has 0 aliphatic heterocycles. The Morgan fingerprint density at radius 1 is 0.900 bits per heavy atom. The quantitative estimate of drug-likeness (QED) is 0.373. The maximum atomic E-state index is 13.6. The van der Waals surface area contributed by atoms with Gasteiger partial charge in [0.1, 0.15) is 0 Å². The molecule has 0 aliphatic rings. The normalized spacial score (nSPS) is 11.5. The number of thiophene rings is 1. The first-order valence-corrected chi connectivity index (χ1v) is 10.2. The highest BCUT2D eigenvalue weighted by Crippen LogP contribution is 2.36. The fourth-order valence-corrected chi connectivity index (χ4v) is 4.53. The summed E-state index contributed by atoms with van der Waals surface area (Å²) in [6, 6.07) is 17.4. The zero-order valence-corrected chi connectivity index (χ0v) is 16.4. The third-order valence-electron chi connectivity index (χ3n) is 5.18. The third-order valence-corrected chi connectivity index (χ3v) is 6.08. The van der Waals surface area contributed by atoms with E-state index in [1.165, 1.54) is 6.07 Å². The van der Waals surface area contributed by atoms with E-state index in [1.54, 1.807) is 12.4 Å². The molecular formula is C23H14FN5S. The number of nitrogens with zero attached hydrogens (tertiary/aromatic N) is 3. The van der Waals surface area contributed by atoms with Crippen LogP contribution in [0.2, 0.25) is 0 Å². The van der Waals surface area contributed by atoms with Gasteiger partial charge in [0.05, 0.1) is 11.4 Å². The predicted molar refractivity (Wildman–Crippen MR) is 118 cm³/mol. The molecule has 6 rings (SSSR count). The van der Waals surface area contributed by atoms with E-state index in [-0.39, 0.29) is 5.13 Å². The Morgan fingerprint density at radius 2 is 1.87 bits per heavy atom. The lowest BCUT2D eigenvalue weighted by Crippen LogP contribution is -1.83. The first-order chi connectivity index (χ1) is 14.8. The highest BCUT2D eigenvalue weighted by molar-refractivity contribution is 7.14. The molecule has 0 saturated heterocycles. The number of benzene rings is 1. The molecule has 0 fully saturated rings. The Labute approximate surface area is 174 Å². The van der Waals surface area contributed by atoms with Crippen LogP contribution in [0.15, 0.2) is 73.2 Å². The second-order valence-electron chi connectivity index (χ2n) is 6.99. The lowest BCUT2D eigenvalue weighted by molar-refractivity contribution is 0.657. The van der Waals surface area contributed by atoms with Gasteiger partial charge in [0.25, 0.3) is 0 Å². The minimum atomic E-state index is -0.189. The standard InChI is InChI=1S/C23H14FN5S/c24-21-7-6-20(30-21)15-4-1-5-18-16(15)10-19(27-18)22-17-9-14(12-26-23(17)29-28-22)13-3-2-8-25-11-13/h1-12,27H,(H,26,28,29). The molecule has 2 N–H and O–H groups in total. The predicted octanol–water partition coefficient (Wildman–Crippen LogP) is 6.04. The minimum absolute atomic E-state index is 0.189. The Morgan fingerprint density at radius 3 is 2.70 bits per heavy atom. The molecule has 5 aromatic heterocycles. The molecule has 30 heavy (non-hydrogen) atoms. The number of H-pyrrole nitrogens is 2. The Kier molecular flexibility index (Phi) is 3.75. The van der Waals surface area contributed by atoms with Gasteiger partial charge >= 0.3 is 0 Å². The molecule has 0 amide bonds. The van der Waals surface area contributed by atoms with Crippen molar-refractivity contribution in [2.24, 2.45) is 0 Å². The molecule has 0 spiro atoms. The summed E-state index contributed by atoms with van der Waals surface area (Å²) in [7, 11) is 0. The number of hydrogen-bond donors (Lipinski definition) is 2. The van der Waals surface area contributed by atoms with Gasteiger partial charge in [-0.25, -0.2) is 4.98 Å². The summed E-state index contributed by atoms with van der Waals surface area (Å²) >= 11 is 1.15. The van der Waals surface area contributed by atoms with Gasteiger partial charge in [0.15, 0.2) is 10.8 Å². The number of nitrogens with one attached hydrogen (secondary N) is 2.